The molecule has 3 aromatic rings. The molecule has 1 N–H and O–H groups in total. The first-order valence-corrected chi connectivity index (χ1v) is 7.51. The summed E-state index contributed by atoms with van der Waals surface area (Å²) in [5, 5.41) is 3.38. The molecule has 20 heavy (non-hydrogen) atoms. The Morgan fingerprint density at radius 3 is 2.65 bits per heavy atom. The Morgan fingerprint density at radius 1 is 1.15 bits per heavy atom. The predicted octanol–water partition coefficient (Wildman–Crippen LogP) is 3.56. The van der Waals surface area contributed by atoms with Crippen LogP contribution in [0.5, 0.6) is 0 Å². The molecule has 0 aliphatic carbocycles. The highest BCUT2D eigenvalue weighted by atomic mass is 127. The summed E-state index contributed by atoms with van der Waals surface area (Å²) in [7, 11) is 0. The smallest absolute Gasteiger partial charge is 0.234 e. The molecule has 0 radical (unpaired) electrons. The van der Waals surface area contributed by atoms with Crippen molar-refractivity contribution in [2.75, 3.05) is 5.32 Å². The van der Waals surface area contributed by atoms with Crippen LogP contribution in [0.15, 0.2) is 36.5 Å². The summed E-state index contributed by atoms with van der Waals surface area (Å²) in [4.78, 5) is 9.00. The minimum atomic E-state index is 0.697. The summed E-state index contributed by atoms with van der Waals surface area (Å²) < 4.78 is 3.26. The van der Waals surface area contributed by atoms with Gasteiger partial charge in [-0.2, -0.15) is 0 Å². The highest BCUT2D eigenvalue weighted by Crippen LogP contribution is 2.13. The van der Waals surface area contributed by atoms with Crippen molar-refractivity contribution in [3.8, 4) is 0 Å². The van der Waals surface area contributed by atoms with Crippen molar-refractivity contribution in [3.05, 3.63) is 57.2 Å². The van der Waals surface area contributed by atoms with E-state index in [1.165, 1.54) is 3.57 Å². The van der Waals surface area contributed by atoms with Gasteiger partial charge in [-0.3, -0.25) is 4.40 Å². The fourth-order valence-corrected chi connectivity index (χ4v) is 2.52. The lowest BCUT2D eigenvalue weighted by atomic mass is 10.3. The lowest BCUT2D eigenvalue weighted by Gasteiger charge is -2.03. The number of nitrogens with zero attached hydrogens (tertiary/aromatic N) is 3. The maximum atomic E-state index is 4.55. The average Bonchev–Trinajstić information content (AvgIpc) is 2.81. The lowest BCUT2D eigenvalue weighted by Crippen LogP contribution is -1.99. The van der Waals surface area contributed by atoms with E-state index in [2.05, 4.69) is 75.1 Å². The van der Waals surface area contributed by atoms with Crippen LogP contribution in [0.25, 0.3) is 5.78 Å². The number of rotatable bonds is 3. The molecule has 2 aromatic heterocycles. The molecule has 5 heteroatoms. The number of imidazole rings is 1. The van der Waals surface area contributed by atoms with Crippen LogP contribution in [0.2, 0.25) is 0 Å². The van der Waals surface area contributed by atoms with E-state index in [1.807, 2.05) is 17.5 Å². The molecule has 0 amide bonds. The van der Waals surface area contributed by atoms with Crippen LogP contribution in [-0.4, -0.2) is 14.4 Å². The normalized spacial score (nSPS) is 10.9. The Labute approximate surface area is 131 Å². The molecule has 1 aromatic carbocycles. The molecule has 0 aliphatic rings. The fraction of sp³-hybridized carbons (Fsp3) is 0.200. The Hall–Kier alpha value is -1.63. The first kappa shape index (κ1) is 13.4. The van der Waals surface area contributed by atoms with E-state index in [0.717, 1.165) is 28.5 Å². The molecular formula is C15H15IN4. The minimum absolute atomic E-state index is 0.697. The number of nitrogens with one attached hydrogen (secondary N) is 1. The molecule has 0 atom stereocenters. The van der Waals surface area contributed by atoms with Crippen molar-refractivity contribution < 1.29 is 0 Å². The minimum Gasteiger partial charge on any atom is -0.379 e. The molecule has 0 saturated heterocycles. The van der Waals surface area contributed by atoms with Crippen LogP contribution in [0, 0.1) is 17.4 Å². The molecule has 0 unspecified atom stereocenters. The van der Waals surface area contributed by atoms with Gasteiger partial charge in [-0.1, -0.05) is 0 Å². The zero-order valence-corrected chi connectivity index (χ0v) is 13.5. The van der Waals surface area contributed by atoms with E-state index in [-0.39, 0.29) is 0 Å². The maximum Gasteiger partial charge on any atom is 0.234 e. The van der Waals surface area contributed by atoms with Gasteiger partial charge in [0.1, 0.15) is 0 Å². The highest BCUT2D eigenvalue weighted by Gasteiger charge is 2.05. The number of aryl methyl sites for hydroxylation is 2. The number of hydrogen-bond acceptors (Lipinski definition) is 3. The second-order valence-electron chi connectivity index (χ2n) is 4.80. The summed E-state index contributed by atoms with van der Waals surface area (Å²) in [6.07, 6.45) is 2.04. The second kappa shape index (κ2) is 5.40. The third kappa shape index (κ3) is 2.77. The predicted molar refractivity (Wildman–Crippen MR) is 88.9 cm³/mol. The zero-order valence-electron chi connectivity index (χ0n) is 11.4. The number of fused-ring (bicyclic) bond motifs is 1. The summed E-state index contributed by atoms with van der Waals surface area (Å²) in [6.45, 7) is 4.76. The van der Waals surface area contributed by atoms with Crippen LogP contribution >= 0.6 is 22.6 Å². The van der Waals surface area contributed by atoms with Crippen LogP contribution in [0.1, 0.15) is 17.1 Å². The lowest BCUT2D eigenvalue weighted by molar-refractivity contribution is 1.01. The van der Waals surface area contributed by atoms with Gasteiger partial charge >= 0.3 is 0 Å². The van der Waals surface area contributed by atoms with E-state index in [9.17, 15) is 0 Å². The van der Waals surface area contributed by atoms with Gasteiger partial charge in [0.15, 0.2) is 0 Å². The second-order valence-corrected chi connectivity index (χ2v) is 6.05. The van der Waals surface area contributed by atoms with E-state index in [0.29, 0.717) is 6.54 Å². The number of halogens is 1. The summed E-state index contributed by atoms with van der Waals surface area (Å²) >= 11 is 2.30. The van der Waals surface area contributed by atoms with E-state index >= 15 is 0 Å². The van der Waals surface area contributed by atoms with Crippen LogP contribution in [0.4, 0.5) is 5.69 Å². The van der Waals surface area contributed by atoms with Crippen molar-refractivity contribution in [3.63, 3.8) is 0 Å². The molecule has 4 nitrogen and oxygen atoms in total. The number of hydrogen-bond donors (Lipinski definition) is 1. The number of aromatic nitrogens is 3. The van der Waals surface area contributed by atoms with Gasteiger partial charge in [0.25, 0.3) is 0 Å². The Balaban J connectivity index is 1.81. The number of benzene rings is 1. The summed E-state index contributed by atoms with van der Waals surface area (Å²) in [5.41, 5.74) is 4.24. The molecule has 0 aliphatic heterocycles. The standard InChI is InChI=1S/C15H15IN4/c1-10-7-11(2)20-9-14(19-15(20)18-10)8-17-13-5-3-12(16)4-6-13/h3-7,9,17H,8H2,1-2H3. The van der Waals surface area contributed by atoms with Crippen molar-refractivity contribution in [1.82, 2.24) is 14.4 Å². The molecule has 0 bridgehead atoms. The monoisotopic (exact) mass is 378 g/mol. The third-order valence-corrected chi connectivity index (χ3v) is 3.85. The third-order valence-electron chi connectivity index (χ3n) is 3.13. The number of anilines is 1. The van der Waals surface area contributed by atoms with Gasteiger partial charge in [0.2, 0.25) is 5.78 Å². The Bertz CT molecular complexity index is 746. The zero-order chi connectivity index (χ0) is 14.1. The first-order valence-electron chi connectivity index (χ1n) is 6.43. The van der Waals surface area contributed by atoms with E-state index in [1.54, 1.807) is 0 Å². The Morgan fingerprint density at radius 2 is 1.90 bits per heavy atom. The van der Waals surface area contributed by atoms with Gasteiger partial charge in [-0.15, -0.1) is 0 Å². The van der Waals surface area contributed by atoms with Crippen molar-refractivity contribution in [1.29, 1.82) is 0 Å². The molecule has 0 fully saturated rings. The van der Waals surface area contributed by atoms with E-state index in [4.69, 9.17) is 0 Å². The quantitative estimate of drug-likeness (QED) is 0.709. The van der Waals surface area contributed by atoms with E-state index < -0.39 is 0 Å². The first-order chi connectivity index (χ1) is 9.61. The molecular weight excluding hydrogens is 363 g/mol. The highest BCUT2D eigenvalue weighted by molar-refractivity contribution is 14.1. The van der Waals surface area contributed by atoms with Crippen LogP contribution in [0.3, 0.4) is 0 Å². The van der Waals surface area contributed by atoms with Gasteiger partial charge in [0.05, 0.1) is 12.2 Å². The van der Waals surface area contributed by atoms with Crippen LogP contribution in [-0.2, 0) is 6.54 Å². The molecule has 3 rings (SSSR count). The maximum absolute atomic E-state index is 4.55. The SMILES string of the molecule is Cc1cc(C)n2cc(CNc3ccc(I)cc3)nc2n1. The average molecular weight is 378 g/mol. The van der Waals surface area contributed by atoms with Crippen molar-refractivity contribution in [2.45, 2.75) is 20.4 Å². The van der Waals surface area contributed by atoms with Gasteiger partial charge in [-0.25, -0.2) is 9.97 Å². The summed E-state index contributed by atoms with van der Waals surface area (Å²) in [5.74, 6) is 0.766. The molecule has 102 valence electrons. The van der Waals surface area contributed by atoms with Gasteiger partial charge in [-0.05, 0) is 66.8 Å². The topological polar surface area (TPSA) is 42.2 Å². The molecule has 0 spiro atoms. The largest absolute Gasteiger partial charge is 0.379 e. The van der Waals surface area contributed by atoms with Gasteiger partial charge in [0, 0.05) is 26.8 Å². The molecule has 2 heterocycles. The van der Waals surface area contributed by atoms with Crippen molar-refractivity contribution >= 4 is 34.1 Å². The Kier molecular flexibility index (Phi) is 3.60. The molecule has 0 saturated carbocycles. The summed E-state index contributed by atoms with van der Waals surface area (Å²) in [6, 6.07) is 10.4. The van der Waals surface area contributed by atoms with Crippen LogP contribution < -0.4 is 5.32 Å². The van der Waals surface area contributed by atoms with Crippen molar-refractivity contribution in [2.24, 2.45) is 0 Å². The fourth-order valence-electron chi connectivity index (χ4n) is 2.16. The van der Waals surface area contributed by atoms with Gasteiger partial charge < -0.3 is 5.32 Å².